The van der Waals surface area contributed by atoms with E-state index in [1.807, 2.05) is 0 Å². The van der Waals surface area contributed by atoms with Crippen LogP contribution < -0.4 is 5.32 Å². The molecule has 6 heteroatoms. The number of carbonyl (C=O) groups is 1. The summed E-state index contributed by atoms with van der Waals surface area (Å²) >= 11 is 0. The van der Waals surface area contributed by atoms with E-state index in [-0.39, 0.29) is 12.4 Å². The Morgan fingerprint density at radius 2 is 1.95 bits per heavy atom. The summed E-state index contributed by atoms with van der Waals surface area (Å²) in [5.41, 5.74) is 0. The molecule has 1 N–H and O–H groups in total. The van der Waals surface area contributed by atoms with Crippen molar-refractivity contribution >= 4 is 18.3 Å². The normalized spacial score (nSPS) is 31.0. The number of morpholine rings is 1. The summed E-state index contributed by atoms with van der Waals surface area (Å²) in [7, 11) is 0. The first-order valence-corrected chi connectivity index (χ1v) is 8.19. The van der Waals surface area contributed by atoms with Gasteiger partial charge in [-0.2, -0.15) is 0 Å². The van der Waals surface area contributed by atoms with E-state index in [9.17, 15) is 4.79 Å². The van der Waals surface area contributed by atoms with Crippen LogP contribution in [0.3, 0.4) is 0 Å². The average Bonchev–Trinajstić information content (AvgIpc) is 2.75. The van der Waals surface area contributed by atoms with Crippen LogP contribution in [0.15, 0.2) is 0 Å². The second kappa shape index (κ2) is 8.32. The summed E-state index contributed by atoms with van der Waals surface area (Å²) in [5, 5.41) is 3.39. The van der Waals surface area contributed by atoms with Gasteiger partial charge in [0.1, 0.15) is 0 Å². The van der Waals surface area contributed by atoms with E-state index < -0.39 is 0 Å². The van der Waals surface area contributed by atoms with Crippen LogP contribution in [-0.4, -0.2) is 73.7 Å². The highest BCUT2D eigenvalue weighted by atomic mass is 35.5. The molecule has 0 aromatic carbocycles. The van der Waals surface area contributed by atoms with Gasteiger partial charge in [-0.25, -0.2) is 0 Å². The smallest absolute Gasteiger partial charge is 0.237 e. The maximum atomic E-state index is 12.6. The van der Waals surface area contributed by atoms with Gasteiger partial charge in [0.05, 0.1) is 25.3 Å². The molecule has 1 aliphatic carbocycles. The van der Waals surface area contributed by atoms with Crippen molar-refractivity contribution in [3.05, 3.63) is 0 Å². The highest BCUT2D eigenvalue weighted by Crippen LogP contribution is 2.28. The van der Waals surface area contributed by atoms with E-state index in [1.54, 1.807) is 0 Å². The minimum Gasteiger partial charge on any atom is -0.374 e. The molecule has 21 heavy (non-hydrogen) atoms. The third-order valence-electron chi connectivity index (χ3n) is 4.84. The predicted octanol–water partition coefficient (Wildman–Crippen LogP) is 0.874. The molecule has 3 aliphatic rings. The summed E-state index contributed by atoms with van der Waals surface area (Å²) in [6, 6.07) is 0.343. The minimum absolute atomic E-state index is 0. The number of hydrogen-bond donors (Lipinski definition) is 1. The molecular weight excluding hydrogens is 290 g/mol. The molecule has 3 fully saturated rings. The average molecular weight is 318 g/mol. The number of hydrogen-bond acceptors (Lipinski definition) is 4. The largest absolute Gasteiger partial charge is 0.374 e. The van der Waals surface area contributed by atoms with Gasteiger partial charge in [-0.1, -0.05) is 12.8 Å². The predicted molar refractivity (Wildman–Crippen MR) is 84.9 cm³/mol. The van der Waals surface area contributed by atoms with Crippen molar-refractivity contribution in [2.24, 2.45) is 0 Å². The summed E-state index contributed by atoms with van der Waals surface area (Å²) < 4.78 is 5.85. The molecule has 1 saturated carbocycles. The van der Waals surface area contributed by atoms with Crippen LogP contribution in [0, 0.1) is 0 Å². The molecule has 2 aliphatic heterocycles. The maximum Gasteiger partial charge on any atom is 0.237 e. The van der Waals surface area contributed by atoms with Crippen LogP contribution in [0.2, 0.25) is 0 Å². The van der Waals surface area contributed by atoms with Crippen molar-refractivity contribution in [2.45, 2.75) is 44.2 Å². The number of nitrogens with zero attached hydrogens (tertiary/aromatic N) is 2. The molecule has 0 aromatic rings. The number of halogens is 1. The molecule has 0 spiro atoms. The van der Waals surface area contributed by atoms with E-state index in [2.05, 4.69) is 15.1 Å². The molecule has 0 bridgehead atoms. The molecule has 2 unspecified atom stereocenters. The summed E-state index contributed by atoms with van der Waals surface area (Å²) in [6.07, 6.45) is 6.18. The Balaban J connectivity index is 0.00000161. The Bertz CT molecular complexity index is 333. The topological polar surface area (TPSA) is 44.8 Å². The van der Waals surface area contributed by atoms with Gasteiger partial charge in [0.15, 0.2) is 0 Å². The minimum atomic E-state index is 0. The van der Waals surface area contributed by atoms with Crippen LogP contribution in [0.25, 0.3) is 0 Å². The van der Waals surface area contributed by atoms with Crippen molar-refractivity contribution < 1.29 is 9.53 Å². The Morgan fingerprint density at radius 3 is 2.86 bits per heavy atom. The van der Waals surface area contributed by atoms with E-state index >= 15 is 0 Å². The molecule has 122 valence electrons. The van der Waals surface area contributed by atoms with E-state index in [0.29, 0.717) is 31.2 Å². The molecule has 2 saturated heterocycles. The summed E-state index contributed by atoms with van der Waals surface area (Å²) in [6.45, 7) is 6.20. The zero-order valence-corrected chi connectivity index (χ0v) is 13.6. The second-order valence-corrected chi connectivity index (χ2v) is 6.23. The first-order chi connectivity index (χ1) is 9.84. The third kappa shape index (κ3) is 4.31. The Kier molecular flexibility index (Phi) is 6.74. The molecule has 1 amide bonds. The molecule has 0 aromatic heterocycles. The van der Waals surface area contributed by atoms with Crippen molar-refractivity contribution in [3.8, 4) is 0 Å². The Labute approximate surface area is 133 Å². The maximum absolute atomic E-state index is 12.6. The van der Waals surface area contributed by atoms with E-state index in [0.717, 1.165) is 52.0 Å². The second-order valence-electron chi connectivity index (χ2n) is 6.23. The number of amides is 1. The van der Waals surface area contributed by atoms with Crippen molar-refractivity contribution in [2.75, 3.05) is 45.9 Å². The van der Waals surface area contributed by atoms with Crippen LogP contribution in [-0.2, 0) is 9.53 Å². The van der Waals surface area contributed by atoms with Gasteiger partial charge in [0.2, 0.25) is 5.91 Å². The third-order valence-corrected chi connectivity index (χ3v) is 4.84. The number of ether oxygens (including phenoxy) is 1. The zero-order valence-electron chi connectivity index (χ0n) is 12.8. The number of carbonyl (C=O) groups excluding carboxylic acids is 1. The zero-order chi connectivity index (χ0) is 13.8. The van der Waals surface area contributed by atoms with Crippen LogP contribution in [0.4, 0.5) is 0 Å². The Hall–Kier alpha value is -0.360. The lowest BCUT2D eigenvalue weighted by Gasteiger charge is -2.44. The molecule has 0 radical (unpaired) electrons. The van der Waals surface area contributed by atoms with Gasteiger partial charge in [-0.3, -0.25) is 9.69 Å². The monoisotopic (exact) mass is 317 g/mol. The Morgan fingerprint density at radius 1 is 1.10 bits per heavy atom. The van der Waals surface area contributed by atoms with Gasteiger partial charge < -0.3 is 15.0 Å². The number of nitrogens with one attached hydrogen (secondary N) is 1. The molecule has 2 heterocycles. The van der Waals surface area contributed by atoms with Gasteiger partial charge in [0.25, 0.3) is 0 Å². The fourth-order valence-corrected chi connectivity index (χ4v) is 3.75. The van der Waals surface area contributed by atoms with Gasteiger partial charge >= 0.3 is 0 Å². The van der Waals surface area contributed by atoms with Crippen molar-refractivity contribution in [3.63, 3.8) is 0 Å². The molecule has 3 rings (SSSR count). The first-order valence-electron chi connectivity index (χ1n) is 8.19. The molecular formula is C15H28ClN3O2. The summed E-state index contributed by atoms with van der Waals surface area (Å²) in [4.78, 5) is 17.1. The van der Waals surface area contributed by atoms with E-state index in [1.165, 1.54) is 12.8 Å². The lowest BCUT2D eigenvalue weighted by molar-refractivity contribution is -0.150. The quantitative estimate of drug-likeness (QED) is 0.821. The SMILES string of the molecule is Cl.O=C(CN1CCCNCC1)N1CCOC2CCCCC21. The van der Waals surface area contributed by atoms with Gasteiger partial charge in [-0.15, -0.1) is 12.4 Å². The molecule has 5 nitrogen and oxygen atoms in total. The van der Waals surface area contributed by atoms with Gasteiger partial charge in [0, 0.05) is 19.6 Å². The van der Waals surface area contributed by atoms with E-state index in [4.69, 9.17) is 4.74 Å². The number of rotatable bonds is 2. The standard InChI is InChI=1S/C15H27N3O2.ClH/c19-15(12-17-8-3-6-16-7-9-17)18-10-11-20-14-5-2-1-4-13(14)18;/h13-14,16H,1-12H2;1H. The van der Waals surface area contributed by atoms with Gasteiger partial charge in [-0.05, 0) is 32.4 Å². The molecule has 2 atom stereocenters. The van der Waals surface area contributed by atoms with Crippen LogP contribution in [0.5, 0.6) is 0 Å². The van der Waals surface area contributed by atoms with Crippen molar-refractivity contribution in [1.82, 2.24) is 15.1 Å². The fourth-order valence-electron chi connectivity index (χ4n) is 3.75. The first kappa shape index (κ1) is 17.0. The summed E-state index contributed by atoms with van der Waals surface area (Å²) in [5.74, 6) is 0.312. The van der Waals surface area contributed by atoms with Crippen molar-refractivity contribution in [1.29, 1.82) is 0 Å². The highest BCUT2D eigenvalue weighted by molar-refractivity contribution is 5.85. The highest BCUT2D eigenvalue weighted by Gasteiger charge is 2.36. The number of fused-ring (bicyclic) bond motifs is 1. The van der Waals surface area contributed by atoms with Crippen LogP contribution in [0.1, 0.15) is 32.1 Å². The lowest BCUT2D eigenvalue weighted by Crippen LogP contribution is -2.56. The lowest BCUT2D eigenvalue weighted by atomic mass is 9.90. The fraction of sp³-hybridized carbons (Fsp3) is 0.933. The van der Waals surface area contributed by atoms with Crippen LogP contribution >= 0.6 is 12.4 Å².